The minimum absolute atomic E-state index is 0. The Morgan fingerprint density at radius 2 is 2.26 bits per heavy atom. The topological polar surface area (TPSA) is 50.4 Å². The third kappa shape index (κ3) is 4.45. The fraction of sp³-hybridized carbons (Fsp3) is 0.615. The molecule has 1 saturated heterocycles. The summed E-state index contributed by atoms with van der Waals surface area (Å²) in [4.78, 5) is 12.7. The number of ether oxygens (including phenoxy) is 1. The largest absolute Gasteiger partial charge is 0.384 e. The molecule has 0 bridgehead atoms. The zero-order chi connectivity index (χ0) is 12.8. The number of piperidine rings is 1. The smallest absolute Gasteiger partial charge is 0.261 e. The van der Waals surface area contributed by atoms with Gasteiger partial charge in [0, 0.05) is 19.1 Å². The predicted molar refractivity (Wildman–Crippen MR) is 80.3 cm³/mol. The fourth-order valence-electron chi connectivity index (χ4n) is 2.40. The summed E-state index contributed by atoms with van der Waals surface area (Å²) in [5, 5.41) is 8.31. The molecule has 0 saturated carbocycles. The second-order valence-electron chi connectivity index (χ2n) is 4.84. The van der Waals surface area contributed by atoms with Gasteiger partial charge in [-0.1, -0.05) is 6.07 Å². The molecule has 0 atom stereocenters. The highest BCUT2D eigenvalue weighted by Gasteiger charge is 2.32. The van der Waals surface area contributed by atoms with E-state index in [0.29, 0.717) is 13.2 Å². The fourth-order valence-corrected chi connectivity index (χ4v) is 3.04. The lowest BCUT2D eigenvalue weighted by molar-refractivity contribution is 0.0512. The summed E-state index contributed by atoms with van der Waals surface area (Å²) in [5.41, 5.74) is 0.0902. The Hall–Kier alpha value is -0.620. The number of methoxy groups -OCH3 is 1. The number of hydrogen-bond donors (Lipinski definition) is 2. The van der Waals surface area contributed by atoms with Gasteiger partial charge in [0.25, 0.3) is 5.91 Å². The van der Waals surface area contributed by atoms with Crippen molar-refractivity contribution < 1.29 is 9.53 Å². The van der Waals surface area contributed by atoms with Crippen LogP contribution in [-0.4, -0.2) is 39.3 Å². The lowest BCUT2D eigenvalue weighted by Crippen LogP contribution is -2.47. The molecule has 1 aliphatic rings. The van der Waals surface area contributed by atoms with Gasteiger partial charge in [-0.15, -0.1) is 23.7 Å². The Kier molecular flexibility index (Phi) is 6.79. The van der Waals surface area contributed by atoms with E-state index in [1.165, 1.54) is 11.3 Å². The first-order valence-corrected chi connectivity index (χ1v) is 7.15. The van der Waals surface area contributed by atoms with Crippen molar-refractivity contribution in [1.82, 2.24) is 10.6 Å². The average molecular weight is 305 g/mol. The summed E-state index contributed by atoms with van der Waals surface area (Å²) in [5.74, 6) is 0.0269. The molecule has 0 aliphatic carbocycles. The molecule has 0 radical (unpaired) electrons. The molecule has 6 heteroatoms. The van der Waals surface area contributed by atoms with E-state index >= 15 is 0 Å². The standard InChI is InChI=1S/C13H20N2O2S.ClH/c1-17-10-13(4-6-14-7-5-13)9-15-12(16)11-3-2-8-18-11;/h2-3,8,14H,4-7,9-10H2,1H3,(H,15,16);1H. The number of carbonyl (C=O) groups is 1. The molecule has 0 aromatic carbocycles. The van der Waals surface area contributed by atoms with Crippen molar-refractivity contribution in [3.63, 3.8) is 0 Å². The summed E-state index contributed by atoms with van der Waals surface area (Å²) in [6, 6.07) is 3.75. The molecule has 2 rings (SSSR count). The van der Waals surface area contributed by atoms with E-state index in [4.69, 9.17) is 4.74 Å². The Morgan fingerprint density at radius 1 is 1.53 bits per heavy atom. The number of amides is 1. The van der Waals surface area contributed by atoms with Crippen LogP contribution >= 0.6 is 23.7 Å². The second-order valence-corrected chi connectivity index (χ2v) is 5.79. The molecule has 1 aromatic heterocycles. The number of halogens is 1. The van der Waals surface area contributed by atoms with Crippen LogP contribution in [0, 0.1) is 5.41 Å². The first-order valence-electron chi connectivity index (χ1n) is 6.27. The maximum absolute atomic E-state index is 11.9. The maximum Gasteiger partial charge on any atom is 0.261 e. The molecule has 1 aliphatic heterocycles. The molecule has 2 N–H and O–H groups in total. The third-order valence-corrected chi connectivity index (χ3v) is 4.35. The number of carbonyl (C=O) groups excluding carboxylic acids is 1. The number of thiophene rings is 1. The molecule has 19 heavy (non-hydrogen) atoms. The van der Waals surface area contributed by atoms with Gasteiger partial charge in [0.15, 0.2) is 0 Å². The summed E-state index contributed by atoms with van der Waals surface area (Å²) in [6.45, 7) is 3.40. The van der Waals surface area contributed by atoms with Crippen molar-refractivity contribution >= 4 is 29.7 Å². The van der Waals surface area contributed by atoms with Gasteiger partial charge in [-0.25, -0.2) is 0 Å². The molecule has 0 unspecified atom stereocenters. The van der Waals surface area contributed by atoms with Crippen molar-refractivity contribution in [3.8, 4) is 0 Å². The van der Waals surface area contributed by atoms with Gasteiger partial charge in [-0.3, -0.25) is 4.79 Å². The Balaban J connectivity index is 0.00000180. The molecule has 108 valence electrons. The van der Waals surface area contributed by atoms with Gasteiger partial charge in [-0.05, 0) is 37.4 Å². The normalized spacial score (nSPS) is 17.5. The van der Waals surface area contributed by atoms with Gasteiger partial charge >= 0.3 is 0 Å². The highest BCUT2D eigenvalue weighted by atomic mass is 35.5. The highest BCUT2D eigenvalue weighted by Crippen LogP contribution is 2.28. The number of hydrogen-bond acceptors (Lipinski definition) is 4. The molecule has 1 aromatic rings. The van der Waals surface area contributed by atoms with Gasteiger partial charge in [0.2, 0.25) is 0 Å². The van der Waals surface area contributed by atoms with Crippen LogP contribution in [-0.2, 0) is 4.74 Å². The highest BCUT2D eigenvalue weighted by molar-refractivity contribution is 7.12. The monoisotopic (exact) mass is 304 g/mol. The SMILES string of the molecule is COCC1(CNC(=O)c2cccs2)CCNCC1.Cl. The molecule has 1 fully saturated rings. The second kappa shape index (κ2) is 7.85. The van der Waals surface area contributed by atoms with E-state index in [1.807, 2.05) is 17.5 Å². The van der Waals surface area contributed by atoms with Gasteiger partial charge in [-0.2, -0.15) is 0 Å². The van der Waals surface area contributed by atoms with E-state index in [1.54, 1.807) is 7.11 Å². The third-order valence-electron chi connectivity index (χ3n) is 3.48. The zero-order valence-electron chi connectivity index (χ0n) is 11.1. The minimum Gasteiger partial charge on any atom is -0.384 e. The zero-order valence-corrected chi connectivity index (χ0v) is 12.7. The minimum atomic E-state index is 0. The van der Waals surface area contributed by atoms with Crippen LogP contribution in [0.5, 0.6) is 0 Å². The Morgan fingerprint density at radius 3 is 2.84 bits per heavy atom. The predicted octanol–water partition coefficient (Wildman–Crippen LogP) is 1.92. The van der Waals surface area contributed by atoms with E-state index in [0.717, 1.165) is 30.8 Å². The van der Waals surface area contributed by atoms with Gasteiger partial charge in [0.05, 0.1) is 11.5 Å². The summed E-state index contributed by atoms with van der Waals surface area (Å²) >= 11 is 1.47. The van der Waals surface area contributed by atoms with Crippen LogP contribution < -0.4 is 10.6 Å². The molecule has 1 amide bonds. The maximum atomic E-state index is 11.9. The summed E-state index contributed by atoms with van der Waals surface area (Å²) in [7, 11) is 1.73. The van der Waals surface area contributed by atoms with Crippen LogP contribution in [0.2, 0.25) is 0 Å². The van der Waals surface area contributed by atoms with Gasteiger partial charge < -0.3 is 15.4 Å². The van der Waals surface area contributed by atoms with Crippen LogP contribution in [0.4, 0.5) is 0 Å². The van der Waals surface area contributed by atoms with E-state index in [-0.39, 0.29) is 23.7 Å². The lowest BCUT2D eigenvalue weighted by atomic mass is 9.79. The first-order chi connectivity index (χ1) is 8.76. The Bertz CT molecular complexity index is 372. The first kappa shape index (κ1) is 16.4. The average Bonchev–Trinajstić information content (AvgIpc) is 2.91. The van der Waals surface area contributed by atoms with Gasteiger partial charge in [0.1, 0.15) is 0 Å². The number of rotatable bonds is 5. The van der Waals surface area contributed by atoms with E-state index in [9.17, 15) is 4.79 Å². The van der Waals surface area contributed by atoms with Crippen LogP contribution in [0.25, 0.3) is 0 Å². The van der Waals surface area contributed by atoms with Crippen molar-refractivity contribution in [1.29, 1.82) is 0 Å². The van der Waals surface area contributed by atoms with Crippen LogP contribution in [0.3, 0.4) is 0 Å². The summed E-state index contributed by atoms with van der Waals surface area (Å²) in [6.07, 6.45) is 2.09. The van der Waals surface area contributed by atoms with Crippen molar-refractivity contribution in [2.75, 3.05) is 33.4 Å². The lowest BCUT2D eigenvalue weighted by Gasteiger charge is -2.37. The molecule has 4 nitrogen and oxygen atoms in total. The van der Waals surface area contributed by atoms with Crippen molar-refractivity contribution in [2.24, 2.45) is 5.41 Å². The Labute approximate surface area is 124 Å². The molecular weight excluding hydrogens is 284 g/mol. The van der Waals surface area contributed by atoms with Crippen molar-refractivity contribution in [2.45, 2.75) is 12.8 Å². The van der Waals surface area contributed by atoms with Crippen molar-refractivity contribution in [3.05, 3.63) is 22.4 Å². The van der Waals surface area contributed by atoms with E-state index in [2.05, 4.69) is 10.6 Å². The molecule has 0 spiro atoms. The molecular formula is C13H21ClN2O2S. The quantitative estimate of drug-likeness (QED) is 0.874. The summed E-state index contributed by atoms with van der Waals surface area (Å²) < 4.78 is 5.33. The van der Waals surface area contributed by atoms with Crippen LogP contribution in [0.15, 0.2) is 17.5 Å². The van der Waals surface area contributed by atoms with E-state index < -0.39 is 0 Å². The molecule has 2 heterocycles. The van der Waals surface area contributed by atoms with Crippen LogP contribution in [0.1, 0.15) is 22.5 Å². The number of nitrogens with one attached hydrogen (secondary N) is 2.